The number of aliphatic hydroxyl groups is 1. The molecule has 1 rings (SSSR count). The normalized spacial score (nSPS) is 11.2. The monoisotopic (exact) mass is 223 g/mol. The van der Waals surface area contributed by atoms with Crippen molar-refractivity contribution in [3.63, 3.8) is 0 Å². The Bertz CT molecular complexity index is 399. The zero-order valence-electron chi connectivity index (χ0n) is 9.78. The molecule has 0 amide bonds. The van der Waals surface area contributed by atoms with Crippen LogP contribution in [0.2, 0.25) is 0 Å². The SMILES string of the molecule is COC(=O)c1c(N)cccc1C(C)(C)CO. The number of aliphatic hydroxyl groups excluding tert-OH is 1. The second kappa shape index (κ2) is 4.53. The summed E-state index contributed by atoms with van der Waals surface area (Å²) in [5.41, 5.74) is 6.64. The first-order valence-electron chi connectivity index (χ1n) is 5.02. The van der Waals surface area contributed by atoms with E-state index in [1.54, 1.807) is 18.2 Å². The Labute approximate surface area is 95.0 Å². The van der Waals surface area contributed by atoms with Gasteiger partial charge in [-0.25, -0.2) is 4.79 Å². The van der Waals surface area contributed by atoms with Gasteiger partial charge in [0.15, 0.2) is 0 Å². The molecule has 1 aromatic carbocycles. The van der Waals surface area contributed by atoms with Crippen molar-refractivity contribution in [3.05, 3.63) is 29.3 Å². The van der Waals surface area contributed by atoms with Crippen molar-refractivity contribution in [1.82, 2.24) is 0 Å². The Kier molecular flexibility index (Phi) is 3.55. The highest BCUT2D eigenvalue weighted by Gasteiger charge is 2.27. The van der Waals surface area contributed by atoms with Gasteiger partial charge in [-0.05, 0) is 11.6 Å². The van der Waals surface area contributed by atoms with Gasteiger partial charge < -0.3 is 15.6 Å². The lowest BCUT2D eigenvalue weighted by atomic mass is 9.82. The zero-order chi connectivity index (χ0) is 12.3. The Morgan fingerprint density at radius 2 is 2.12 bits per heavy atom. The minimum absolute atomic E-state index is 0.0690. The van der Waals surface area contributed by atoms with Gasteiger partial charge in [0.25, 0.3) is 0 Å². The van der Waals surface area contributed by atoms with Gasteiger partial charge >= 0.3 is 5.97 Å². The topological polar surface area (TPSA) is 72.5 Å². The van der Waals surface area contributed by atoms with Crippen LogP contribution < -0.4 is 5.73 Å². The summed E-state index contributed by atoms with van der Waals surface area (Å²) >= 11 is 0. The number of carbonyl (C=O) groups is 1. The molecule has 16 heavy (non-hydrogen) atoms. The quantitative estimate of drug-likeness (QED) is 0.599. The van der Waals surface area contributed by atoms with E-state index in [9.17, 15) is 9.90 Å². The standard InChI is InChI=1S/C12H17NO3/c1-12(2,7-14)8-5-4-6-9(13)10(8)11(15)16-3/h4-6,14H,7,13H2,1-3H3. The van der Waals surface area contributed by atoms with E-state index in [0.29, 0.717) is 16.8 Å². The summed E-state index contributed by atoms with van der Waals surface area (Å²) in [5.74, 6) is -0.477. The lowest BCUT2D eigenvalue weighted by molar-refractivity contribution is 0.0598. The molecule has 0 atom stereocenters. The second-order valence-electron chi connectivity index (χ2n) is 4.30. The van der Waals surface area contributed by atoms with Gasteiger partial charge in [0.1, 0.15) is 0 Å². The van der Waals surface area contributed by atoms with Gasteiger partial charge in [-0.2, -0.15) is 0 Å². The van der Waals surface area contributed by atoms with Crippen LogP contribution >= 0.6 is 0 Å². The lowest BCUT2D eigenvalue weighted by Gasteiger charge is -2.25. The molecule has 0 heterocycles. The number of rotatable bonds is 3. The predicted octanol–water partition coefficient (Wildman–Crippen LogP) is 1.33. The summed E-state index contributed by atoms with van der Waals surface area (Å²) in [6, 6.07) is 5.18. The minimum Gasteiger partial charge on any atom is -0.465 e. The Balaban J connectivity index is 3.40. The average Bonchev–Trinajstić information content (AvgIpc) is 2.27. The van der Waals surface area contributed by atoms with Crippen LogP contribution in [0.1, 0.15) is 29.8 Å². The van der Waals surface area contributed by atoms with Crippen LogP contribution in [0.5, 0.6) is 0 Å². The van der Waals surface area contributed by atoms with Crippen molar-refractivity contribution in [1.29, 1.82) is 0 Å². The number of carbonyl (C=O) groups excluding carboxylic acids is 1. The van der Waals surface area contributed by atoms with Crippen LogP contribution in [0.4, 0.5) is 5.69 Å². The van der Waals surface area contributed by atoms with E-state index in [2.05, 4.69) is 0 Å². The van der Waals surface area contributed by atoms with Crippen LogP contribution in [0.25, 0.3) is 0 Å². The lowest BCUT2D eigenvalue weighted by Crippen LogP contribution is -2.26. The number of benzene rings is 1. The maximum Gasteiger partial charge on any atom is 0.340 e. The zero-order valence-corrected chi connectivity index (χ0v) is 9.78. The number of nitrogen functional groups attached to an aromatic ring is 1. The summed E-state index contributed by atoms with van der Waals surface area (Å²) < 4.78 is 4.70. The van der Waals surface area contributed by atoms with E-state index in [0.717, 1.165) is 0 Å². The molecule has 0 aliphatic carbocycles. The van der Waals surface area contributed by atoms with E-state index in [1.807, 2.05) is 13.8 Å². The Morgan fingerprint density at radius 1 is 1.50 bits per heavy atom. The number of ether oxygens (including phenoxy) is 1. The molecule has 0 radical (unpaired) electrons. The number of hydrogen-bond donors (Lipinski definition) is 2. The van der Waals surface area contributed by atoms with Crippen molar-refractivity contribution in [2.45, 2.75) is 19.3 Å². The molecule has 0 saturated heterocycles. The summed E-state index contributed by atoms with van der Waals surface area (Å²) in [4.78, 5) is 11.6. The summed E-state index contributed by atoms with van der Waals surface area (Å²) in [6.07, 6.45) is 0. The number of methoxy groups -OCH3 is 1. The van der Waals surface area contributed by atoms with Gasteiger partial charge in [0.2, 0.25) is 0 Å². The molecule has 3 N–H and O–H groups in total. The molecular weight excluding hydrogens is 206 g/mol. The fraction of sp³-hybridized carbons (Fsp3) is 0.417. The molecule has 4 heteroatoms. The van der Waals surface area contributed by atoms with Gasteiger partial charge in [0, 0.05) is 11.1 Å². The molecule has 0 bridgehead atoms. The first-order valence-corrected chi connectivity index (χ1v) is 5.02. The molecule has 0 saturated carbocycles. The van der Waals surface area contributed by atoms with E-state index < -0.39 is 11.4 Å². The van der Waals surface area contributed by atoms with E-state index in [1.165, 1.54) is 7.11 Å². The number of hydrogen-bond acceptors (Lipinski definition) is 4. The average molecular weight is 223 g/mol. The molecule has 0 aliphatic heterocycles. The van der Waals surface area contributed by atoms with E-state index >= 15 is 0 Å². The summed E-state index contributed by atoms with van der Waals surface area (Å²) in [5, 5.41) is 9.32. The van der Waals surface area contributed by atoms with Crippen molar-refractivity contribution in [3.8, 4) is 0 Å². The van der Waals surface area contributed by atoms with Crippen molar-refractivity contribution in [2.75, 3.05) is 19.5 Å². The van der Waals surface area contributed by atoms with Crippen LogP contribution in [0.15, 0.2) is 18.2 Å². The molecule has 1 aromatic rings. The third-order valence-corrected chi connectivity index (χ3v) is 2.61. The largest absolute Gasteiger partial charge is 0.465 e. The Morgan fingerprint density at radius 3 is 2.62 bits per heavy atom. The molecule has 0 fully saturated rings. The van der Waals surface area contributed by atoms with E-state index in [-0.39, 0.29) is 6.61 Å². The maximum atomic E-state index is 11.6. The highest BCUT2D eigenvalue weighted by atomic mass is 16.5. The fourth-order valence-electron chi connectivity index (χ4n) is 1.55. The minimum atomic E-state index is -0.529. The summed E-state index contributed by atoms with van der Waals surface area (Å²) in [7, 11) is 1.31. The molecular formula is C12H17NO3. The van der Waals surface area contributed by atoms with Crippen LogP contribution in [-0.4, -0.2) is 24.8 Å². The first-order chi connectivity index (χ1) is 7.44. The van der Waals surface area contributed by atoms with Gasteiger partial charge in [-0.15, -0.1) is 0 Å². The van der Waals surface area contributed by atoms with Gasteiger partial charge in [0.05, 0.1) is 19.3 Å². The molecule has 0 spiro atoms. The molecule has 0 unspecified atom stereocenters. The van der Waals surface area contributed by atoms with Crippen molar-refractivity contribution < 1.29 is 14.6 Å². The smallest absolute Gasteiger partial charge is 0.340 e. The number of nitrogens with two attached hydrogens (primary N) is 1. The molecule has 4 nitrogen and oxygen atoms in total. The Hall–Kier alpha value is -1.55. The number of esters is 1. The van der Waals surface area contributed by atoms with Gasteiger partial charge in [-0.1, -0.05) is 26.0 Å². The highest BCUT2D eigenvalue weighted by Crippen LogP contribution is 2.29. The maximum absolute atomic E-state index is 11.6. The molecule has 0 aromatic heterocycles. The fourth-order valence-corrected chi connectivity index (χ4v) is 1.55. The van der Waals surface area contributed by atoms with Crippen LogP contribution in [-0.2, 0) is 10.2 Å². The summed E-state index contributed by atoms with van der Waals surface area (Å²) in [6.45, 7) is 3.61. The molecule has 0 aliphatic rings. The molecule has 88 valence electrons. The van der Waals surface area contributed by atoms with Crippen LogP contribution in [0, 0.1) is 0 Å². The second-order valence-corrected chi connectivity index (χ2v) is 4.30. The van der Waals surface area contributed by atoms with Gasteiger partial charge in [-0.3, -0.25) is 0 Å². The highest BCUT2D eigenvalue weighted by molar-refractivity contribution is 5.97. The number of anilines is 1. The van der Waals surface area contributed by atoms with Crippen molar-refractivity contribution in [2.24, 2.45) is 0 Å². The van der Waals surface area contributed by atoms with E-state index in [4.69, 9.17) is 10.5 Å². The predicted molar refractivity (Wildman–Crippen MR) is 62.3 cm³/mol. The van der Waals surface area contributed by atoms with Crippen molar-refractivity contribution >= 4 is 11.7 Å². The third kappa shape index (κ3) is 2.17. The third-order valence-electron chi connectivity index (χ3n) is 2.61. The first kappa shape index (κ1) is 12.5. The van der Waals surface area contributed by atoms with Crippen LogP contribution in [0.3, 0.4) is 0 Å².